The summed E-state index contributed by atoms with van der Waals surface area (Å²) in [5.74, 6) is -0.312. The van der Waals surface area contributed by atoms with E-state index in [4.69, 9.17) is 4.74 Å². The highest BCUT2D eigenvalue weighted by atomic mass is 32.2. The van der Waals surface area contributed by atoms with Gasteiger partial charge in [0.15, 0.2) is 0 Å². The third-order valence-corrected chi connectivity index (χ3v) is 6.18. The highest BCUT2D eigenvalue weighted by Crippen LogP contribution is 2.36. The number of anilines is 1. The summed E-state index contributed by atoms with van der Waals surface area (Å²) in [5.41, 5.74) is 4.43. The van der Waals surface area contributed by atoms with E-state index in [-0.39, 0.29) is 18.3 Å². The van der Waals surface area contributed by atoms with Crippen LogP contribution < -0.4 is 5.32 Å². The quantitative estimate of drug-likeness (QED) is 0.376. The van der Waals surface area contributed by atoms with Gasteiger partial charge in [0.05, 0.1) is 12.4 Å². The average molecular weight is 426 g/mol. The Morgan fingerprint density at radius 3 is 2.24 bits per heavy atom. The first-order valence-corrected chi connectivity index (χ1v) is 11.2. The van der Waals surface area contributed by atoms with Gasteiger partial charge in [-0.1, -0.05) is 47.5 Å². The van der Waals surface area contributed by atoms with Gasteiger partial charge in [0.25, 0.3) is 0 Å². The Labute approximate surface area is 179 Å². The van der Waals surface area contributed by atoms with Crippen molar-refractivity contribution in [1.29, 1.82) is 0 Å². The van der Waals surface area contributed by atoms with Crippen LogP contribution in [0.1, 0.15) is 28.4 Å². The van der Waals surface area contributed by atoms with E-state index in [1.807, 2.05) is 67.8 Å². The third-order valence-electron chi connectivity index (χ3n) is 4.28. The molecule has 1 heterocycles. The Balaban J connectivity index is 1.78. The molecule has 1 amide bonds. The third kappa shape index (κ3) is 5.49. The maximum Gasteiger partial charge on any atom is 0.341 e. The number of esters is 1. The van der Waals surface area contributed by atoms with Gasteiger partial charge in [-0.2, -0.15) is 0 Å². The number of thioether (sulfide) groups is 1. The van der Waals surface area contributed by atoms with E-state index in [1.165, 1.54) is 28.7 Å². The molecule has 4 nitrogen and oxygen atoms in total. The molecule has 3 aromatic rings. The molecule has 0 aliphatic carbocycles. The molecule has 0 saturated heterocycles. The van der Waals surface area contributed by atoms with Crippen molar-refractivity contribution in [3.63, 3.8) is 0 Å². The number of benzene rings is 2. The van der Waals surface area contributed by atoms with E-state index < -0.39 is 5.97 Å². The lowest BCUT2D eigenvalue weighted by Crippen LogP contribution is -2.16. The normalized spacial score (nSPS) is 10.6. The van der Waals surface area contributed by atoms with Crippen LogP contribution in [0.15, 0.2) is 58.8 Å². The molecule has 0 fully saturated rings. The second kappa shape index (κ2) is 9.76. The van der Waals surface area contributed by atoms with Crippen molar-refractivity contribution < 1.29 is 14.3 Å². The van der Waals surface area contributed by atoms with Gasteiger partial charge in [-0.05, 0) is 38.5 Å². The van der Waals surface area contributed by atoms with Crippen LogP contribution in [0.3, 0.4) is 0 Å². The number of hydrogen-bond acceptors (Lipinski definition) is 5. The molecule has 0 radical (unpaired) electrons. The van der Waals surface area contributed by atoms with Crippen molar-refractivity contribution in [2.75, 3.05) is 17.7 Å². The molecule has 0 aliphatic heterocycles. The molecule has 0 saturated carbocycles. The van der Waals surface area contributed by atoms with Crippen molar-refractivity contribution in [2.24, 2.45) is 0 Å². The standard InChI is InChI=1S/C23H23NO3S2/c1-4-27-23(26)21-19(17-9-5-15(2)6-10-17)13-29-22(21)24-20(25)14-28-18-11-7-16(3)8-12-18/h5-13H,4,14H2,1-3H3,(H,24,25). The van der Waals surface area contributed by atoms with E-state index in [9.17, 15) is 9.59 Å². The van der Waals surface area contributed by atoms with Crippen LogP contribution in [0, 0.1) is 13.8 Å². The summed E-state index contributed by atoms with van der Waals surface area (Å²) in [6, 6.07) is 16.0. The zero-order chi connectivity index (χ0) is 20.8. The molecule has 0 unspecified atom stereocenters. The summed E-state index contributed by atoms with van der Waals surface area (Å²) in [4.78, 5) is 26.1. The summed E-state index contributed by atoms with van der Waals surface area (Å²) >= 11 is 2.80. The fourth-order valence-corrected chi connectivity index (χ4v) is 4.42. The first-order chi connectivity index (χ1) is 14.0. The largest absolute Gasteiger partial charge is 0.462 e. The van der Waals surface area contributed by atoms with Crippen LogP contribution in [-0.4, -0.2) is 24.2 Å². The molecule has 2 aromatic carbocycles. The van der Waals surface area contributed by atoms with Gasteiger partial charge in [0.1, 0.15) is 10.6 Å². The molecule has 6 heteroatoms. The average Bonchev–Trinajstić information content (AvgIpc) is 3.12. The zero-order valence-electron chi connectivity index (χ0n) is 16.7. The lowest BCUT2D eigenvalue weighted by atomic mass is 10.0. The molecule has 150 valence electrons. The van der Waals surface area contributed by atoms with E-state index >= 15 is 0 Å². The maximum atomic E-state index is 12.6. The van der Waals surface area contributed by atoms with Crippen molar-refractivity contribution >= 4 is 40.0 Å². The van der Waals surface area contributed by atoms with Crippen molar-refractivity contribution in [1.82, 2.24) is 0 Å². The first kappa shape index (κ1) is 21.1. The monoisotopic (exact) mass is 425 g/mol. The van der Waals surface area contributed by atoms with Crippen LogP contribution in [0.4, 0.5) is 5.00 Å². The number of hydrogen-bond donors (Lipinski definition) is 1. The Kier molecular flexibility index (Phi) is 7.12. The van der Waals surface area contributed by atoms with Gasteiger partial charge in [-0.25, -0.2) is 4.79 Å². The van der Waals surface area contributed by atoms with Crippen molar-refractivity contribution in [2.45, 2.75) is 25.7 Å². The van der Waals surface area contributed by atoms with Gasteiger partial charge >= 0.3 is 5.97 Å². The number of rotatable bonds is 7. The molecule has 0 bridgehead atoms. The van der Waals surface area contributed by atoms with E-state index in [0.29, 0.717) is 10.6 Å². The molecule has 1 N–H and O–H groups in total. The molecule has 0 atom stereocenters. The number of thiophene rings is 1. The van der Waals surface area contributed by atoms with Crippen LogP contribution in [0.5, 0.6) is 0 Å². The van der Waals surface area contributed by atoms with E-state index in [0.717, 1.165) is 21.6 Å². The number of carbonyl (C=O) groups excluding carboxylic acids is 2. The second-order valence-electron chi connectivity index (χ2n) is 6.59. The molecule has 0 spiro atoms. The zero-order valence-corrected chi connectivity index (χ0v) is 18.3. The maximum absolute atomic E-state index is 12.6. The Morgan fingerprint density at radius 2 is 1.62 bits per heavy atom. The minimum absolute atomic E-state index is 0.154. The minimum atomic E-state index is -0.425. The lowest BCUT2D eigenvalue weighted by Gasteiger charge is -2.09. The Hall–Kier alpha value is -2.57. The predicted molar refractivity (Wildman–Crippen MR) is 121 cm³/mol. The van der Waals surface area contributed by atoms with Gasteiger partial charge in [0, 0.05) is 15.8 Å². The van der Waals surface area contributed by atoms with Crippen LogP contribution in [0.2, 0.25) is 0 Å². The molecule has 1 aromatic heterocycles. The SMILES string of the molecule is CCOC(=O)c1c(-c2ccc(C)cc2)csc1NC(=O)CSc1ccc(C)cc1. The summed E-state index contributed by atoms with van der Waals surface area (Å²) in [6.07, 6.45) is 0. The van der Waals surface area contributed by atoms with Gasteiger partial charge in [-0.3, -0.25) is 4.79 Å². The molecular formula is C23H23NO3S2. The summed E-state index contributed by atoms with van der Waals surface area (Å²) < 4.78 is 5.25. The number of amides is 1. The fourth-order valence-electron chi connectivity index (χ4n) is 2.75. The smallest absolute Gasteiger partial charge is 0.341 e. The topological polar surface area (TPSA) is 55.4 Å². The summed E-state index contributed by atoms with van der Waals surface area (Å²) in [6.45, 7) is 6.09. The highest BCUT2D eigenvalue weighted by Gasteiger charge is 2.22. The van der Waals surface area contributed by atoms with Gasteiger partial charge in [0.2, 0.25) is 5.91 Å². The van der Waals surface area contributed by atoms with Crippen LogP contribution >= 0.6 is 23.1 Å². The van der Waals surface area contributed by atoms with E-state index in [2.05, 4.69) is 5.32 Å². The molecule has 0 aliphatic rings. The number of aryl methyl sites for hydroxylation is 2. The van der Waals surface area contributed by atoms with Crippen molar-refractivity contribution in [3.05, 3.63) is 70.6 Å². The number of carbonyl (C=O) groups is 2. The summed E-state index contributed by atoms with van der Waals surface area (Å²) in [5, 5.41) is 5.30. The minimum Gasteiger partial charge on any atom is -0.462 e. The van der Waals surface area contributed by atoms with E-state index in [1.54, 1.807) is 6.92 Å². The van der Waals surface area contributed by atoms with Crippen LogP contribution in [0.25, 0.3) is 11.1 Å². The van der Waals surface area contributed by atoms with Gasteiger partial charge in [-0.15, -0.1) is 23.1 Å². The molecule has 29 heavy (non-hydrogen) atoms. The lowest BCUT2D eigenvalue weighted by molar-refractivity contribution is -0.113. The fraction of sp³-hybridized carbons (Fsp3) is 0.217. The number of ether oxygens (including phenoxy) is 1. The Morgan fingerprint density at radius 1 is 1.00 bits per heavy atom. The molecular weight excluding hydrogens is 402 g/mol. The Bertz CT molecular complexity index is 992. The first-order valence-electron chi connectivity index (χ1n) is 9.33. The highest BCUT2D eigenvalue weighted by molar-refractivity contribution is 8.00. The molecule has 3 rings (SSSR count). The van der Waals surface area contributed by atoms with Gasteiger partial charge < -0.3 is 10.1 Å². The van der Waals surface area contributed by atoms with Crippen LogP contribution in [-0.2, 0) is 9.53 Å². The second-order valence-corrected chi connectivity index (χ2v) is 8.52. The van der Waals surface area contributed by atoms with Crippen molar-refractivity contribution in [3.8, 4) is 11.1 Å². The summed E-state index contributed by atoms with van der Waals surface area (Å²) in [7, 11) is 0. The predicted octanol–water partition coefficient (Wildman–Crippen LogP) is 5.94. The number of nitrogens with one attached hydrogen (secondary N) is 1.